The van der Waals surface area contributed by atoms with Gasteiger partial charge in [-0.3, -0.25) is 0 Å². The quantitative estimate of drug-likeness (QED) is 0.812. The fourth-order valence-electron chi connectivity index (χ4n) is 1.68. The van der Waals surface area contributed by atoms with Crippen molar-refractivity contribution in [3.05, 3.63) is 10.0 Å². The van der Waals surface area contributed by atoms with E-state index in [1.807, 2.05) is 6.07 Å². The number of piperidine rings is 1. The lowest BCUT2D eigenvalue weighted by Crippen LogP contribution is -2.42. The molecule has 2 N–H and O–H groups in total. The van der Waals surface area contributed by atoms with E-state index in [9.17, 15) is 0 Å². The molecule has 0 radical (unpaired) electrons. The minimum absolute atomic E-state index is 0.201. The number of hydrogen-bond donors (Lipinski definition) is 1. The van der Waals surface area contributed by atoms with Crippen LogP contribution in [0.3, 0.4) is 0 Å². The van der Waals surface area contributed by atoms with Crippen molar-refractivity contribution in [1.82, 2.24) is 4.98 Å². The third-order valence-electron chi connectivity index (χ3n) is 2.40. The molecule has 1 aromatic heterocycles. The molecule has 1 aliphatic heterocycles. The van der Waals surface area contributed by atoms with Crippen LogP contribution in [0, 0.1) is 11.3 Å². The molecule has 0 spiro atoms. The molecule has 0 unspecified atom stereocenters. The maximum absolute atomic E-state index is 8.77. The van der Waals surface area contributed by atoms with E-state index in [0.717, 1.165) is 31.1 Å². The molecule has 1 saturated heterocycles. The Kier molecular flexibility index (Phi) is 3.10. The van der Waals surface area contributed by atoms with Crippen molar-refractivity contribution in [3.63, 3.8) is 0 Å². The normalized spacial score (nSPS) is 21.4. The van der Waals surface area contributed by atoms with Crippen LogP contribution in [-0.2, 0) is 0 Å². The van der Waals surface area contributed by atoms with Crippen molar-refractivity contribution < 1.29 is 0 Å². The van der Waals surface area contributed by atoms with Crippen molar-refractivity contribution >= 4 is 28.1 Å². The molecule has 2 heterocycles. The van der Waals surface area contributed by atoms with Crippen molar-refractivity contribution in [2.24, 2.45) is 5.73 Å². The van der Waals surface area contributed by atoms with Crippen LogP contribution in [0.5, 0.6) is 0 Å². The highest BCUT2D eigenvalue weighted by Gasteiger charge is 2.20. The van der Waals surface area contributed by atoms with Gasteiger partial charge in [-0.1, -0.05) is 22.9 Å². The SMILES string of the molecule is N#Cc1sc(N2CCC[C@@H](N)C2)nc1Cl. The first kappa shape index (κ1) is 10.7. The summed E-state index contributed by atoms with van der Waals surface area (Å²) >= 11 is 7.15. The average molecular weight is 243 g/mol. The third kappa shape index (κ3) is 2.23. The van der Waals surface area contributed by atoms with Crippen LogP contribution < -0.4 is 10.6 Å². The van der Waals surface area contributed by atoms with Gasteiger partial charge in [0, 0.05) is 19.1 Å². The topological polar surface area (TPSA) is 65.9 Å². The maximum Gasteiger partial charge on any atom is 0.188 e. The molecular formula is C9H11ClN4S. The van der Waals surface area contributed by atoms with E-state index in [0.29, 0.717) is 10.0 Å². The molecule has 15 heavy (non-hydrogen) atoms. The summed E-state index contributed by atoms with van der Waals surface area (Å²) < 4.78 is 0. The second kappa shape index (κ2) is 4.35. The van der Waals surface area contributed by atoms with Crippen molar-refractivity contribution in [2.75, 3.05) is 18.0 Å². The van der Waals surface area contributed by atoms with Crippen LogP contribution in [0.1, 0.15) is 17.7 Å². The number of nitrogens with two attached hydrogens (primary N) is 1. The summed E-state index contributed by atoms with van der Waals surface area (Å²) in [7, 11) is 0. The molecule has 4 nitrogen and oxygen atoms in total. The molecule has 0 amide bonds. The van der Waals surface area contributed by atoms with Gasteiger partial charge in [-0.05, 0) is 12.8 Å². The van der Waals surface area contributed by atoms with Gasteiger partial charge in [0.2, 0.25) is 0 Å². The first-order chi connectivity index (χ1) is 7.20. The van der Waals surface area contributed by atoms with Crippen LogP contribution in [0.4, 0.5) is 5.13 Å². The van der Waals surface area contributed by atoms with Crippen LogP contribution >= 0.6 is 22.9 Å². The first-order valence-corrected chi connectivity index (χ1v) is 5.97. The van der Waals surface area contributed by atoms with Crippen molar-refractivity contribution in [2.45, 2.75) is 18.9 Å². The lowest BCUT2D eigenvalue weighted by Gasteiger charge is -2.30. The summed E-state index contributed by atoms with van der Waals surface area (Å²) in [6, 6.07) is 2.23. The second-order valence-corrected chi connectivity index (χ2v) is 4.91. The predicted molar refractivity (Wildman–Crippen MR) is 61.3 cm³/mol. The fraction of sp³-hybridized carbons (Fsp3) is 0.556. The molecule has 1 fully saturated rings. The van der Waals surface area contributed by atoms with E-state index in [-0.39, 0.29) is 6.04 Å². The molecule has 0 aliphatic carbocycles. The van der Waals surface area contributed by atoms with E-state index in [4.69, 9.17) is 22.6 Å². The summed E-state index contributed by atoms with van der Waals surface area (Å²) in [6.07, 6.45) is 2.13. The summed E-state index contributed by atoms with van der Waals surface area (Å²) in [5.41, 5.74) is 5.88. The first-order valence-electron chi connectivity index (χ1n) is 4.77. The van der Waals surface area contributed by atoms with Gasteiger partial charge < -0.3 is 10.6 Å². The van der Waals surface area contributed by atoms with Crippen LogP contribution in [0.2, 0.25) is 5.15 Å². The minimum Gasteiger partial charge on any atom is -0.346 e. The van der Waals surface area contributed by atoms with E-state index < -0.39 is 0 Å². The maximum atomic E-state index is 8.77. The molecule has 1 aromatic rings. The molecule has 80 valence electrons. The van der Waals surface area contributed by atoms with E-state index in [2.05, 4.69) is 9.88 Å². The highest BCUT2D eigenvalue weighted by atomic mass is 35.5. The number of halogens is 1. The Morgan fingerprint density at radius 3 is 3.07 bits per heavy atom. The van der Waals surface area contributed by atoms with Gasteiger partial charge in [0.05, 0.1) is 0 Å². The van der Waals surface area contributed by atoms with Gasteiger partial charge in [0.1, 0.15) is 10.9 Å². The van der Waals surface area contributed by atoms with Gasteiger partial charge in [0.15, 0.2) is 10.3 Å². The second-order valence-electron chi connectivity index (χ2n) is 3.58. The highest BCUT2D eigenvalue weighted by Crippen LogP contribution is 2.30. The summed E-state index contributed by atoms with van der Waals surface area (Å²) in [5.74, 6) is 0. The predicted octanol–water partition coefficient (Wildman–Crippen LogP) is 1.60. The number of hydrogen-bond acceptors (Lipinski definition) is 5. The Morgan fingerprint density at radius 2 is 2.47 bits per heavy atom. The van der Waals surface area contributed by atoms with Gasteiger partial charge in [-0.2, -0.15) is 5.26 Å². The average Bonchev–Trinajstić information content (AvgIpc) is 2.60. The van der Waals surface area contributed by atoms with Gasteiger partial charge in [0.25, 0.3) is 0 Å². The minimum atomic E-state index is 0.201. The van der Waals surface area contributed by atoms with E-state index in [1.165, 1.54) is 11.3 Å². The molecule has 0 bridgehead atoms. The van der Waals surface area contributed by atoms with E-state index >= 15 is 0 Å². The lowest BCUT2D eigenvalue weighted by atomic mass is 10.1. The highest BCUT2D eigenvalue weighted by molar-refractivity contribution is 7.16. The molecule has 1 aliphatic rings. The Hall–Kier alpha value is -0.830. The summed E-state index contributed by atoms with van der Waals surface area (Å²) in [6.45, 7) is 1.75. The third-order valence-corrected chi connectivity index (χ3v) is 3.81. The smallest absolute Gasteiger partial charge is 0.188 e. The van der Waals surface area contributed by atoms with Gasteiger partial charge >= 0.3 is 0 Å². The fourth-order valence-corrected chi connectivity index (χ4v) is 2.76. The number of thiazole rings is 1. The van der Waals surface area contributed by atoms with Crippen LogP contribution in [0.15, 0.2) is 0 Å². The number of rotatable bonds is 1. The zero-order valence-electron chi connectivity index (χ0n) is 8.11. The van der Waals surface area contributed by atoms with Gasteiger partial charge in [-0.15, -0.1) is 0 Å². The molecule has 2 rings (SSSR count). The van der Waals surface area contributed by atoms with Crippen LogP contribution in [0.25, 0.3) is 0 Å². The Balaban J connectivity index is 2.18. The number of nitrogens with zero attached hydrogens (tertiary/aromatic N) is 3. The van der Waals surface area contributed by atoms with Gasteiger partial charge in [-0.25, -0.2) is 4.98 Å². The van der Waals surface area contributed by atoms with E-state index in [1.54, 1.807) is 0 Å². The Morgan fingerprint density at radius 1 is 1.67 bits per heavy atom. The Bertz CT molecular complexity index is 397. The van der Waals surface area contributed by atoms with Crippen LogP contribution in [-0.4, -0.2) is 24.1 Å². The molecular weight excluding hydrogens is 232 g/mol. The van der Waals surface area contributed by atoms with Crippen molar-refractivity contribution in [3.8, 4) is 6.07 Å². The monoisotopic (exact) mass is 242 g/mol. The number of anilines is 1. The number of aromatic nitrogens is 1. The summed E-state index contributed by atoms with van der Waals surface area (Å²) in [4.78, 5) is 6.75. The standard InChI is InChI=1S/C9H11ClN4S/c10-8-7(4-11)15-9(13-8)14-3-1-2-6(12)5-14/h6H,1-3,5,12H2/t6-/m1/s1. The number of nitriles is 1. The lowest BCUT2D eigenvalue weighted by molar-refractivity contribution is 0.505. The molecule has 0 aromatic carbocycles. The zero-order valence-corrected chi connectivity index (χ0v) is 9.68. The molecule has 0 saturated carbocycles. The molecule has 6 heteroatoms. The molecule has 1 atom stereocenters. The summed E-state index contributed by atoms with van der Waals surface area (Å²) in [5, 5.41) is 9.89. The largest absolute Gasteiger partial charge is 0.346 e. The van der Waals surface area contributed by atoms with Crippen molar-refractivity contribution in [1.29, 1.82) is 5.26 Å². The zero-order chi connectivity index (χ0) is 10.8. The Labute approximate surface area is 97.3 Å².